The normalized spacial score (nSPS) is 18.2. The van der Waals surface area contributed by atoms with E-state index in [0.717, 1.165) is 30.6 Å². The summed E-state index contributed by atoms with van der Waals surface area (Å²) in [6.07, 6.45) is -3.23. The SMILES string of the molecule is CC(C)CN(Cc1ccccc1Cl)C[C@H]1CCNC1.O=C(O)C(O)C(O)C(=O)O. The molecule has 1 aromatic rings. The van der Waals surface area contributed by atoms with Crippen molar-refractivity contribution in [3.8, 4) is 0 Å². The van der Waals surface area contributed by atoms with Crippen molar-refractivity contribution in [2.75, 3.05) is 26.2 Å². The molecule has 1 saturated heterocycles. The summed E-state index contributed by atoms with van der Waals surface area (Å²) < 4.78 is 0. The molecular weight excluding hydrogens is 400 g/mol. The van der Waals surface area contributed by atoms with Crippen molar-refractivity contribution < 1.29 is 30.0 Å². The number of carbonyl (C=O) groups is 2. The summed E-state index contributed by atoms with van der Waals surface area (Å²) in [4.78, 5) is 22.1. The molecule has 0 bridgehead atoms. The van der Waals surface area contributed by atoms with Crippen LogP contribution < -0.4 is 5.32 Å². The first-order chi connectivity index (χ1) is 13.6. The van der Waals surface area contributed by atoms with Gasteiger partial charge in [-0.1, -0.05) is 43.6 Å². The molecule has 0 saturated carbocycles. The summed E-state index contributed by atoms with van der Waals surface area (Å²) in [6.45, 7) is 10.2. The van der Waals surface area contributed by atoms with Crippen LogP contribution >= 0.6 is 11.6 Å². The Hall–Kier alpha value is -1.71. The third-order valence-electron chi connectivity index (χ3n) is 4.46. The largest absolute Gasteiger partial charge is 0.479 e. The fraction of sp³-hybridized carbons (Fsp3) is 0.600. The Kier molecular flexibility index (Phi) is 11.2. The van der Waals surface area contributed by atoms with Crippen molar-refractivity contribution in [1.29, 1.82) is 0 Å². The second-order valence-electron chi connectivity index (χ2n) is 7.60. The first-order valence-corrected chi connectivity index (χ1v) is 9.97. The zero-order valence-electron chi connectivity index (χ0n) is 16.8. The zero-order valence-corrected chi connectivity index (χ0v) is 17.5. The van der Waals surface area contributed by atoms with Gasteiger partial charge in [0.1, 0.15) is 0 Å². The van der Waals surface area contributed by atoms with Crippen LogP contribution in [-0.2, 0) is 16.1 Å². The summed E-state index contributed by atoms with van der Waals surface area (Å²) in [5, 5.41) is 36.9. The lowest BCUT2D eigenvalue weighted by Crippen LogP contribution is -2.39. The van der Waals surface area contributed by atoms with E-state index >= 15 is 0 Å². The second-order valence-corrected chi connectivity index (χ2v) is 8.01. The Balaban J connectivity index is 0.000000359. The monoisotopic (exact) mass is 430 g/mol. The number of aliphatic carboxylic acids is 2. The topological polar surface area (TPSA) is 130 Å². The van der Waals surface area contributed by atoms with Crippen molar-refractivity contribution in [3.05, 3.63) is 34.9 Å². The molecule has 1 aliphatic rings. The fourth-order valence-electron chi connectivity index (χ4n) is 3.09. The smallest absolute Gasteiger partial charge is 0.335 e. The van der Waals surface area contributed by atoms with E-state index in [1.54, 1.807) is 0 Å². The van der Waals surface area contributed by atoms with Gasteiger partial charge in [0.25, 0.3) is 0 Å². The molecule has 1 fully saturated rings. The number of hydrogen-bond acceptors (Lipinski definition) is 6. The van der Waals surface area contributed by atoms with E-state index in [4.69, 9.17) is 32.0 Å². The first-order valence-electron chi connectivity index (χ1n) is 9.60. The van der Waals surface area contributed by atoms with Gasteiger partial charge in [0.2, 0.25) is 0 Å². The standard InChI is InChI=1S/C16H25ClN2.C4H6O6/c1-13(2)10-19(11-14-7-8-18-9-14)12-15-5-3-4-6-16(15)17;5-1(3(7)8)2(6)4(9)10/h3-6,13-14,18H,7-12H2,1-2H3;1-2,5-6H,(H,7,8)(H,9,10)/t14-;/m0./s1. The van der Waals surface area contributed by atoms with Crippen LogP contribution in [-0.4, -0.2) is 75.7 Å². The van der Waals surface area contributed by atoms with Gasteiger partial charge in [0.15, 0.2) is 12.2 Å². The van der Waals surface area contributed by atoms with Crippen LogP contribution in [0.1, 0.15) is 25.8 Å². The van der Waals surface area contributed by atoms with Gasteiger partial charge in [-0.05, 0) is 43.0 Å². The van der Waals surface area contributed by atoms with E-state index in [0.29, 0.717) is 5.92 Å². The van der Waals surface area contributed by atoms with Crippen LogP contribution in [0, 0.1) is 11.8 Å². The highest BCUT2D eigenvalue weighted by Gasteiger charge is 2.29. The Morgan fingerprint density at radius 3 is 2.21 bits per heavy atom. The molecule has 0 aliphatic carbocycles. The third kappa shape index (κ3) is 9.56. The molecule has 0 radical (unpaired) electrons. The molecule has 0 aromatic heterocycles. The number of carboxylic acid groups (broad SMARTS) is 2. The maximum absolute atomic E-state index is 9.77. The first kappa shape index (κ1) is 25.3. The number of aliphatic hydroxyl groups is 2. The van der Waals surface area contributed by atoms with Gasteiger partial charge in [-0.3, -0.25) is 4.90 Å². The van der Waals surface area contributed by atoms with Crippen molar-refractivity contribution in [2.45, 2.75) is 39.0 Å². The maximum atomic E-state index is 9.77. The minimum Gasteiger partial charge on any atom is -0.479 e. The van der Waals surface area contributed by atoms with Gasteiger partial charge in [-0.25, -0.2) is 9.59 Å². The fourth-order valence-corrected chi connectivity index (χ4v) is 3.29. The molecule has 164 valence electrons. The van der Waals surface area contributed by atoms with Crippen molar-refractivity contribution in [3.63, 3.8) is 0 Å². The van der Waals surface area contributed by atoms with E-state index < -0.39 is 24.1 Å². The molecule has 0 spiro atoms. The number of rotatable bonds is 9. The summed E-state index contributed by atoms with van der Waals surface area (Å²) in [5.74, 6) is -2.05. The number of benzene rings is 1. The van der Waals surface area contributed by atoms with Gasteiger partial charge in [0, 0.05) is 24.7 Å². The highest BCUT2D eigenvalue weighted by atomic mass is 35.5. The summed E-state index contributed by atoms with van der Waals surface area (Å²) in [5.41, 5.74) is 1.25. The Bertz CT molecular complexity index is 634. The quantitative estimate of drug-likeness (QED) is 0.396. The molecule has 3 atom stereocenters. The average Bonchev–Trinajstić information content (AvgIpc) is 3.15. The predicted molar refractivity (Wildman–Crippen MR) is 110 cm³/mol. The summed E-state index contributed by atoms with van der Waals surface area (Å²) in [7, 11) is 0. The molecule has 5 N–H and O–H groups in total. The van der Waals surface area contributed by atoms with E-state index in [9.17, 15) is 9.59 Å². The van der Waals surface area contributed by atoms with Crippen LogP contribution in [0.15, 0.2) is 24.3 Å². The second kappa shape index (κ2) is 12.8. The molecule has 2 rings (SSSR count). The molecule has 0 amide bonds. The Labute approximate surface area is 176 Å². The lowest BCUT2D eigenvalue weighted by atomic mass is 10.1. The van der Waals surface area contributed by atoms with Gasteiger partial charge < -0.3 is 25.7 Å². The number of nitrogens with zero attached hydrogens (tertiary/aromatic N) is 1. The molecule has 1 aromatic carbocycles. The van der Waals surface area contributed by atoms with Crippen molar-refractivity contribution in [2.24, 2.45) is 11.8 Å². The lowest BCUT2D eigenvalue weighted by molar-refractivity contribution is -0.165. The van der Waals surface area contributed by atoms with Gasteiger partial charge in [-0.15, -0.1) is 0 Å². The van der Waals surface area contributed by atoms with Crippen LogP contribution in [0.3, 0.4) is 0 Å². The molecule has 9 heteroatoms. The molecule has 2 unspecified atom stereocenters. The van der Waals surface area contributed by atoms with Gasteiger partial charge in [-0.2, -0.15) is 0 Å². The molecule has 1 heterocycles. The minimum atomic E-state index is -2.27. The highest BCUT2D eigenvalue weighted by molar-refractivity contribution is 6.31. The maximum Gasteiger partial charge on any atom is 0.335 e. The van der Waals surface area contributed by atoms with Crippen LogP contribution in [0.5, 0.6) is 0 Å². The van der Waals surface area contributed by atoms with Crippen LogP contribution in [0.4, 0.5) is 0 Å². The summed E-state index contributed by atoms with van der Waals surface area (Å²) in [6, 6.07) is 8.20. The Morgan fingerprint density at radius 1 is 1.17 bits per heavy atom. The zero-order chi connectivity index (χ0) is 22.0. The van der Waals surface area contributed by atoms with E-state index in [1.807, 2.05) is 12.1 Å². The molecule has 29 heavy (non-hydrogen) atoms. The number of aliphatic hydroxyl groups excluding tert-OH is 2. The van der Waals surface area contributed by atoms with E-state index in [1.165, 1.54) is 25.1 Å². The van der Waals surface area contributed by atoms with E-state index in [-0.39, 0.29) is 0 Å². The lowest BCUT2D eigenvalue weighted by Gasteiger charge is -2.27. The Morgan fingerprint density at radius 2 is 1.76 bits per heavy atom. The van der Waals surface area contributed by atoms with Crippen molar-refractivity contribution in [1.82, 2.24) is 10.2 Å². The van der Waals surface area contributed by atoms with Crippen LogP contribution in [0.2, 0.25) is 5.02 Å². The molecular formula is C20H31ClN2O6. The molecule has 1 aliphatic heterocycles. The highest BCUT2D eigenvalue weighted by Crippen LogP contribution is 2.19. The number of hydrogen-bond donors (Lipinski definition) is 5. The van der Waals surface area contributed by atoms with Crippen molar-refractivity contribution >= 4 is 23.5 Å². The number of carboxylic acids is 2. The van der Waals surface area contributed by atoms with Crippen LogP contribution in [0.25, 0.3) is 0 Å². The minimum absolute atomic E-state index is 0.692. The van der Waals surface area contributed by atoms with E-state index in [2.05, 4.69) is 36.2 Å². The molecule has 8 nitrogen and oxygen atoms in total. The van der Waals surface area contributed by atoms with Gasteiger partial charge >= 0.3 is 11.9 Å². The average molecular weight is 431 g/mol. The summed E-state index contributed by atoms with van der Waals surface area (Å²) >= 11 is 6.28. The number of nitrogens with one attached hydrogen (secondary N) is 1. The van der Waals surface area contributed by atoms with Gasteiger partial charge in [0.05, 0.1) is 0 Å². The predicted octanol–water partition coefficient (Wildman–Crippen LogP) is 1.28. The number of halogens is 1. The third-order valence-corrected chi connectivity index (χ3v) is 4.83.